The normalized spacial score (nSPS) is 20.2. The minimum atomic E-state index is -0.100. The van der Waals surface area contributed by atoms with Gasteiger partial charge in [0.25, 0.3) is 5.56 Å². The van der Waals surface area contributed by atoms with E-state index in [9.17, 15) is 4.79 Å². The van der Waals surface area contributed by atoms with Gasteiger partial charge in [0.15, 0.2) is 0 Å². The second kappa shape index (κ2) is 6.86. The van der Waals surface area contributed by atoms with Gasteiger partial charge in [-0.3, -0.25) is 14.4 Å². The van der Waals surface area contributed by atoms with Crippen LogP contribution in [0.25, 0.3) is 0 Å². The summed E-state index contributed by atoms with van der Waals surface area (Å²) in [6.45, 7) is 11.0. The first-order chi connectivity index (χ1) is 11.4. The zero-order valence-corrected chi connectivity index (χ0v) is 14.7. The number of aromatic amines is 1. The van der Waals surface area contributed by atoms with Crippen LogP contribution in [0.1, 0.15) is 35.9 Å². The van der Waals surface area contributed by atoms with Crippen LogP contribution in [0.3, 0.4) is 0 Å². The van der Waals surface area contributed by atoms with Crippen molar-refractivity contribution < 1.29 is 4.74 Å². The molecule has 0 unspecified atom stereocenters. The molecule has 7 heteroatoms. The van der Waals surface area contributed by atoms with Gasteiger partial charge in [-0.1, -0.05) is 0 Å². The predicted molar refractivity (Wildman–Crippen MR) is 91.0 cm³/mol. The van der Waals surface area contributed by atoms with Crippen molar-refractivity contribution in [2.24, 2.45) is 0 Å². The van der Waals surface area contributed by atoms with Crippen molar-refractivity contribution >= 4 is 0 Å². The highest BCUT2D eigenvalue weighted by molar-refractivity contribution is 5.07. The monoisotopic (exact) mass is 331 g/mol. The number of morpholine rings is 1. The van der Waals surface area contributed by atoms with Crippen LogP contribution in [-0.2, 0) is 11.3 Å². The number of hydrogen-bond donors (Lipinski definition) is 1. The lowest BCUT2D eigenvalue weighted by Gasteiger charge is -2.36. The quantitative estimate of drug-likeness (QED) is 0.915. The number of nitrogens with zero attached hydrogens (tertiary/aromatic N) is 4. The van der Waals surface area contributed by atoms with Crippen molar-refractivity contribution in [3.8, 4) is 0 Å². The van der Waals surface area contributed by atoms with Gasteiger partial charge in [-0.25, -0.2) is 4.98 Å². The average Bonchev–Trinajstić information content (AvgIpc) is 2.83. The molecule has 0 amide bonds. The summed E-state index contributed by atoms with van der Waals surface area (Å²) in [4.78, 5) is 21.3. The molecule has 1 fully saturated rings. The van der Waals surface area contributed by atoms with Crippen LogP contribution in [0, 0.1) is 20.8 Å². The van der Waals surface area contributed by atoms with Crippen LogP contribution in [0.15, 0.2) is 16.9 Å². The fourth-order valence-electron chi connectivity index (χ4n) is 3.23. The van der Waals surface area contributed by atoms with Crippen LogP contribution in [0.4, 0.5) is 0 Å². The highest BCUT2D eigenvalue weighted by atomic mass is 16.5. The SMILES string of the molecule is Cc1cc(=O)[nH]c([C@H](C)N2CCO[C@@H](Cn3nc(C)cc3C)C2)n1. The molecule has 3 rings (SSSR count). The zero-order valence-electron chi connectivity index (χ0n) is 14.7. The molecule has 0 saturated carbocycles. The maximum absolute atomic E-state index is 11.7. The zero-order chi connectivity index (χ0) is 17.3. The molecular formula is C17H25N5O2. The summed E-state index contributed by atoms with van der Waals surface area (Å²) in [5.41, 5.74) is 2.81. The van der Waals surface area contributed by atoms with Crippen molar-refractivity contribution in [1.82, 2.24) is 24.6 Å². The molecule has 130 valence electrons. The number of H-pyrrole nitrogens is 1. The number of aromatic nitrogens is 4. The van der Waals surface area contributed by atoms with Crippen molar-refractivity contribution in [3.05, 3.63) is 45.4 Å². The van der Waals surface area contributed by atoms with Gasteiger partial charge in [-0.2, -0.15) is 5.10 Å². The predicted octanol–water partition coefficient (Wildman–Crippen LogP) is 1.35. The third-order valence-corrected chi connectivity index (χ3v) is 4.48. The summed E-state index contributed by atoms with van der Waals surface area (Å²) in [7, 11) is 0. The molecule has 24 heavy (non-hydrogen) atoms. The molecule has 2 aromatic heterocycles. The highest BCUT2D eigenvalue weighted by Gasteiger charge is 2.27. The maximum Gasteiger partial charge on any atom is 0.251 e. The lowest BCUT2D eigenvalue weighted by Crippen LogP contribution is -2.46. The van der Waals surface area contributed by atoms with Crippen molar-refractivity contribution in [3.63, 3.8) is 0 Å². The molecule has 1 N–H and O–H groups in total. The molecule has 0 aromatic carbocycles. The number of aryl methyl sites for hydroxylation is 3. The Morgan fingerprint density at radius 2 is 2.12 bits per heavy atom. The molecule has 0 spiro atoms. The molecule has 0 radical (unpaired) electrons. The molecule has 2 atom stereocenters. The molecule has 7 nitrogen and oxygen atoms in total. The van der Waals surface area contributed by atoms with Gasteiger partial charge in [-0.15, -0.1) is 0 Å². The first kappa shape index (κ1) is 16.9. The minimum Gasteiger partial charge on any atom is -0.374 e. The molecule has 1 aliphatic rings. The third kappa shape index (κ3) is 3.73. The molecule has 1 saturated heterocycles. The van der Waals surface area contributed by atoms with E-state index >= 15 is 0 Å². The molecule has 0 bridgehead atoms. The first-order valence-electron chi connectivity index (χ1n) is 8.37. The summed E-state index contributed by atoms with van der Waals surface area (Å²) in [6.07, 6.45) is 0.0794. The second-order valence-electron chi connectivity index (χ2n) is 6.54. The van der Waals surface area contributed by atoms with Gasteiger partial charge in [0.2, 0.25) is 0 Å². The molecule has 3 heterocycles. The average molecular weight is 331 g/mol. The highest BCUT2D eigenvalue weighted by Crippen LogP contribution is 2.20. The Hall–Kier alpha value is -1.99. The number of ether oxygens (including phenoxy) is 1. The third-order valence-electron chi connectivity index (χ3n) is 4.48. The van der Waals surface area contributed by atoms with E-state index in [1.165, 1.54) is 6.07 Å². The lowest BCUT2D eigenvalue weighted by molar-refractivity contribution is -0.0509. The van der Waals surface area contributed by atoms with E-state index in [2.05, 4.69) is 39.9 Å². The topological polar surface area (TPSA) is 76.0 Å². The van der Waals surface area contributed by atoms with Gasteiger partial charge in [-0.05, 0) is 33.8 Å². The van der Waals surface area contributed by atoms with Crippen molar-refractivity contribution in [2.45, 2.75) is 46.4 Å². The van der Waals surface area contributed by atoms with Crippen molar-refractivity contribution in [2.75, 3.05) is 19.7 Å². The molecule has 2 aromatic rings. The smallest absolute Gasteiger partial charge is 0.251 e. The van der Waals surface area contributed by atoms with Gasteiger partial charge < -0.3 is 9.72 Å². The van der Waals surface area contributed by atoms with Crippen molar-refractivity contribution in [1.29, 1.82) is 0 Å². The number of hydrogen-bond acceptors (Lipinski definition) is 5. The van der Waals surface area contributed by atoms with E-state index in [1.54, 1.807) is 0 Å². The summed E-state index contributed by atoms with van der Waals surface area (Å²) in [5, 5.41) is 4.51. The van der Waals surface area contributed by atoms with E-state index in [1.807, 2.05) is 18.5 Å². The van der Waals surface area contributed by atoms with E-state index in [0.717, 1.165) is 36.7 Å². The largest absolute Gasteiger partial charge is 0.374 e. The Balaban J connectivity index is 1.70. The molecule has 1 aliphatic heterocycles. The van der Waals surface area contributed by atoms with Crippen LogP contribution in [0.2, 0.25) is 0 Å². The van der Waals surface area contributed by atoms with Crippen LogP contribution in [0.5, 0.6) is 0 Å². The van der Waals surface area contributed by atoms with Crippen LogP contribution < -0.4 is 5.56 Å². The number of rotatable bonds is 4. The summed E-state index contributed by atoms with van der Waals surface area (Å²) < 4.78 is 7.92. The van der Waals surface area contributed by atoms with Gasteiger partial charge in [0.1, 0.15) is 5.82 Å². The Labute approximate surface area is 141 Å². The Kier molecular flexibility index (Phi) is 4.82. The molecular weight excluding hydrogens is 306 g/mol. The summed E-state index contributed by atoms with van der Waals surface area (Å²) >= 11 is 0. The summed E-state index contributed by atoms with van der Waals surface area (Å²) in [5.74, 6) is 0.715. The first-order valence-corrected chi connectivity index (χ1v) is 8.37. The number of nitrogens with one attached hydrogen (secondary N) is 1. The Morgan fingerprint density at radius 3 is 2.79 bits per heavy atom. The van der Waals surface area contributed by atoms with E-state index in [0.29, 0.717) is 12.4 Å². The van der Waals surface area contributed by atoms with E-state index in [-0.39, 0.29) is 17.7 Å². The summed E-state index contributed by atoms with van der Waals surface area (Å²) in [6, 6.07) is 3.63. The fraction of sp³-hybridized carbons (Fsp3) is 0.588. The van der Waals surface area contributed by atoms with Gasteiger partial charge in [0, 0.05) is 30.5 Å². The minimum absolute atomic E-state index is 0.0458. The second-order valence-corrected chi connectivity index (χ2v) is 6.54. The van der Waals surface area contributed by atoms with Crippen LogP contribution >= 0.6 is 0 Å². The maximum atomic E-state index is 11.7. The van der Waals surface area contributed by atoms with Crippen LogP contribution in [-0.4, -0.2) is 50.4 Å². The van der Waals surface area contributed by atoms with Gasteiger partial charge >= 0.3 is 0 Å². The fourth-order valence-corrected chi connectivity index (χ4v) is 3.23. The Morgan fingerprint density at radius 1 is 1.33 bits per heavy atom. The molecule has 0 aliphatic carbocycles. The Bertz CT molecular complexity index is 767. The lowest BCUT2D eigenvalue weighted by atomic mass is 10.2. The standard InChI is InChI=1S/C17H25N5O2/c1-11-8-16(23)19-17(18-11)14(4)21-5-6-24-15(9-21)10-22-13(3)7-12(2)20-22/h7-8,14-15H,5-6,9-10H2,1-4H3,(H,18,19,23)/t14-,15+/m0/s1. The van der Waals surface area contributed by atoms with E-state index < -0.39 is 0 Å². The van der Waals surface area contributed by atoms with E-state index in [4.69, 9.17) is 4.74 Å². The van der Waals surface area contributed by atoms with Gasteiger partial charge in [0.05, 0.1) is 31.0 Å².